The highest BCUT2D eigenvalue weighted by atomic mass is 19.4. The van der Waals surface area contributed by atoms with Gasteiger partial charge in [-0.05, 0) is 54.8 Å². The maximum atomic E-state index is 13.0. The number of amides is 1. The number of aromatic amines is 1. The molecule has 4 rings (SSSR count). The minimum absolute atomic E-state index is 0.105. The van der Waals surface area contributed by atoms with E-state index in [0.717, 1.165) is 29.6 Å². The maximum absolute atomic E-state index is 13.0. The quantitative estimate of drug-likeness (QED) is 0.207. The van der Waals surface area contributed by atoms with Gasteiger partial charge in [-0.25, -0.2) is 4.98 Å². The zero-order valence-corrected chi connectivity index (χ0v) is 20.3. The fraction of sp³-hybridized carbons (Fsp3) is 0.111. The fourth-order valence-electron chi connectivity index (χ4n) is 3.44. The van der Waals surface area contributed by atoms with Crippen molar-refractivity contribution in [1.29, 1.82) is 5.41 Å². The molecule has 4 N–H and O–H groups in total. The first-order valence-corrected chi connectivity index (χ1v) is 11.3. The van der Waals surface area contributed by atoms with Crippen molar-refractivity contribution in [3.05, 3.63) is 101 Å². The first-order chi connectivity index (χ1) is 18.1. The van der Waals surface area contributed by atoms with Crippen LogP contribution >= 0.6 is 0 Å². The smallest absolute Gasteiger partial charge is 0.350 e. The Morgan fingerprint density at radius 2 is 1.92 bits per heavy atom. The molecule has 0 aliphatic rings. The van der Waals surface area contributed by atoms with E-state index in [2.05, 4.69) is 37.5 Å². The molecule has 8 nitrogen and oxygen atoms in total. The third-order valence-corrected chi connectivity index (χ3v) is 5.34. The van der Waals surface area contributed by atoms with Crippen LogP contribution in [-0.4, -0.2) is 31.9 Å². The molecule has 0 aliphatic heterocycles. The monoisotopic (exact) mass is 517 g/mol. The number of carbonyl (C=O) groups excluding carboxylic acids is 1. The van der Waals surface area contributed by atoms with E-state index in [9.17, 15) is 18.0 Å². The number of allylic oxidation sites excluding steroid dienone is 1. The molecule has 0 aliphatic carbocycles. The maximum Gasteiger partial charge on any atom is 0.416 e. The summed E-state index contributed by atoms with van der Waals surface area (Å²) in [5.74, 6) is 5.83. The Morgan fingerprint density at radius 1 is 1.11 bits per heavy atom. The molecule has 0 saturated carbocycles. The van der Waals surface area contributed by atoms with Crippen LogP contribution in [0, 0.1) is 24.2 Å². The van der Waals surface area contributed by atoms with Gasteiger partial charge < -0.3 is 21.0 Å². The molecular formula is C27H22F3N7O. The summed E-state index contributed by atoms with van der Waals surface area (Å²) < 4.78 is 40.6. The van der Waals surface area contributed by atoms with Crippen LogP contribution in [0.15, 0.2) is 67.1 Å². The van der Waals surface area contributed by atoms with Gasteiger partial charge in [0.2, 0.25) is 0 Å². The summed E-state index contributed by atoms with van der Waals surface area (Å²) >= 11 is 0. The summed E-state index contributed by atoms with van der Waals surface area (Å²) in [4.78, 5) is 20.0. The Labute approximate surface area is 216 Å². The molecule has 2 heterocycles. The predicted molar refractivity (Wildman–Crippen MR) is 139 cm³/mol. The zero-order valence-electron chi connectivity index (χ0n) is 20.3. The Morgan fingerprint density at radius 3 is 2.63 bits per heavy atom. The minimum atomic E-state index is -4.54. The van der Waals surface area contributed by atoms with Crippen LogP contribution in [0.25, 0.3) is 5.70 Å². The Bertz CT molecular complexity index is 1590. The number of alkyl halides is 3. The van der Waals surface area contributed by atoms with Gasteiger partial charge in [0.1, 0.15) is 5.69 Å². The molecular weight excluding hydrogens is 495 g/mol. The third kappa shape index (κ3) is 6.36. The highest BCUT2D eigenvalue weighted by Crippen LogP contribution is 2.29. The van der Waals surface area contributed by atoms with Gasteiger partial charge in [-0.15, -0.1) is 0 Å². The predicted octanol–water partition coefficient (Wildman–Crippen LogP) is 5.23. The van der Waals surface area contributed by atoms with Crippen LogP contribution in [0.3, 0.4) is 0 Å². The summed E-state index contributed by atoms with van der Waals surface area (Å²) in [6, 6.07) is 9.29. The van der Waals surface area contributed by atoms with Crippen LogP contribution in [0.5, 0.6) is 0 Å². The zero-order chi connectivity index (χ0) is 27.3. The van der Waals surface area contributed by atoms with Crippen LogP contribution in [0.2, 0.25) is 0 Å². The standard InChI is InChI=1S/C27H22F3N7O/c1-17-6-8-21(36-26(38)19-4-3-5-20(12-19)27(28,29)30)13-18(17)7-9-22-14-32-25(35-22)24(10-11-31)34-23-15-33-37(2)16-23/h3-6,8,10-16,31,34H,1-2H3,(H,32,35)(H,36,38)/b24-10+,31-11?. The summed E-state index contributed by atoms with van der Waals surface area (Å²) in [5, 5.41) is 17.3. The normalized spacial score (nSPS) is 11.4. The highest BCUT2D eigenvalue weighted by Gasteiger charge is 2.30. The topological polar surface area (TPSA) is 111 Å². The lowest BCUT2D eigenvalue weighted by Crippen LogP contribution is -2.14. The Balaban J connectivity index is 1.51. The number of hydrogen-bond acceptors (Lipinski definition) is 5. The molecule has 0 radical (unpaired) electrons. The van der Waals surface area contributed by atoms with Crippen molar-refractivity contribution in [3.8, 4) is 11.8 Å². The van der Waals surface area contributed by atoms with Crippen molar-refractivity contribution >= 4 is 29.2 Å². The summed E-state index contributed by atoms with van der Waals surface area (Å²) in [6.45, 7) is 1.85. The van der Waals surface area contributed by atoms with Crippen molar-refractivity contribution in [2.75, 3.05) is 10.6 Å². The summed E-state index contributed by atoms with van der Waals surface area (Å²) in [7, 11) is 1.79. The molecule has 0 saturated heterocycles. The van der Waals surface area contributed by atoms with E-state index in [1.807, 2.05) is 6.92 Å². The average Bonchev–Trinajstić information content (AvgIpc) is 3.52. The number of imidazole rings is 1. The van der Waals surface area contributed by atoms with Gasteiger partial charge in [0.25, 0.3) is 5.91 Å². The first kappa shape index (κ1) is 26.0. The van der Waals surface area contributed by atoms with Gasteiger partial charge in [0, 0.05) is 36.3 Å². The van der Waals surface area contributed by atoms with Crippen LogP contribution in [0.4, 0.5) is 24.5 Å². The molecule has 38 heavy (non-hydrogen) atoms. The lowest BCUT2D eigenvalue weighted by atomic mass is 10.1. The van der Waals surface area contributed by atoms with Crippen molar-refractivity contribution in [1.82, 2.24) is 19.7 Å². The minimum Gasteiger partial charge on any atom is -0.350 e. The lowest BCUT2D eigenvalue weighted by Gasteiger charge is -2.10. The summed E-state index contributed by atoms with van der Waals surface area (Å²) in [6.07, 6.45) is 3.12. The largest absolute Gasteiger partial charge is 0.416 e. The van der Waals surface area contributed by atoms with Crippen molar-refractivity contribution in [3.63, 3.8) is 0 Å². The van der Waals surface area contributed by atoms with Crippen LogP contribution in [0.1, 0.15) is 38.6 Å². The van der Waals surface area contributed by atoms with E-state index < -0.39 is 17.6 Å². The van der Waals surface area contributed by atoms with Crippen molar-refractivity contribution in [2.45, 2.75) is 13.1 Å². The summed E-state index contributed by atoms with van der Waals surface area (Å²) in [5.41, 5.74) is 2.65. The second-order valence-electron chi connectivity index (χ2n) is 8.23. The van der Waals surface area contributed by atoms with Gasteiger partial charge in [0.05, 0.1) is 29.3 Å². The Hall–Kier alpha value is -5.11. The van der Waals surface area contributed by atoms with Gasteiger partial charge in [-0.3, -0.25) is 9.48 Å². The second-order valence-corrected chi connectivity index (χ2v) is 8.23. The molecule has 0 bridgehead atoms. The highest BCUT2D eigenvalue weighted by molar-refractivity contribution is 6.04. The molecule has 1 amide bonds. The molecule has 192 valence electrons. The molecule has 11 heteroatoms. The molecule has 0 spiro atoms. The third-order valence-electron chi connectivity index (χ3n) is 5.34. The average molecular weight is 518 g/mol. The second kappa shape index (κ2) is 10.9. The molecule has 4 aromatic rings. The van der Waals surface area contributed by atoms with E-state index in [4.69, 9.17) is 5.41 Å². The molecule has 0 fully saturated rings. The molecule has 2 aromatic carbocycles. The molecule has 0 atom stereocenters. The first-order valence-electron chi connectivity index (χ1n) is 11.3. The lowest BCUT2D eigenvalue weighted by molar-refractivity contribution is -0.137. The molecule has 0 unspecified atom stereocenters. The number of anilines is 2. The number of carbonyl (C=O) groups is 1. The van der Waals surface area contributed by atoms with E-state index in [1.165, 1.54) is 12.1 Å². The van der Waals surface area contributed by atoms with E-state index >= 15 is 0 Å². The number of H-pyrrole nitrogens is 1. The van der Waals surface area contributed by atoms with Crippen molar-refractivity contribution < 1.29 is 18.0 Å². The van der Waals surface area contributed by atoms with E-state index in [1.54, 1.807) is 54.6 Å². The van der Waals surface area contributed by atoms with Crippen LogP contribution in [-0.2, 0) is 13.2 Å². The van der Waals surface area contributed by atoms with Crippen LogP contribution < -0.4 is 10.6 Å². The number of benzene rings is 2. The van der Waals surface area contributed by atoms with Gasteiger partial charge in [0.15, 0.2) is 5.82 Å². The fourth-order valence-corrected chi connectivity index (χ4v) is 3.44. The van der Waals surface area contributed by atoms with E-state index in [-0.39, 0.29) is 5.56 Å². The number of halogens is 3. The number of aromatic nitrogens is 4. The number of aryl methyl sites for hydroxylation is 2. The number of nitrogens with one attached hydrogen (secondary N) is 4. The SMILES string of the molecule is Cc1ccc(NC(=O)c2cccc(C(F)(F)F)c2)cc1C#Cc1cnc(/C(=C\C=N)Nc2cnn(C)c2)[nH]1. The molecule has 2 aromatic heterocycles. The number of rotatable bonds is 6. The number of nitrogens with zero attached hydrogens (tertiary/aromatic N) is 3. The Kier molecular flexibility index (Phi) is 7.43. The van der Waals surface area contributed by atoms with Gasteiger partial charge >= 0.3 is 6.18 Å². The number of hydrogen-bond donors (Lipinski definition) is 4. The van der Waals surface area contributed by atoms with Crippen molar-refractivity contribution in [2.24, 2.45) is 7.05 Å². The van der Waals surface area contributed by atoms with Gasteiger partial charge in [-0.2, -0.15) is 18.3 Å². The van der Waals surface area contributed by atoms with Gasteiger partial charge in [-0.1, -0.05) is 18.1 Å². The van der Waals surface area contributed by atoms with E-state index in [0.29, 0.717) is 28.5 Å².